The van der Waals surface area contributed by atoms with Crippen molar-refractivity contribution < 1.29 is 9.59 Å². The van der Waals surface area contributed by atoms with Crippen LogP contribution in [-0.2, 0) is 11.3 Å². The standard InChI is InChI=1S/C19H27N7O2/c1-11-9-12(2)26(24-11)8-6-7-25(5)18(27)15-13(3)22-19(28)23-17(15)16-14(4)20-10-21-16/h9-10,17H,6-8H2,1-5H3,(H,20,21)(H2,22,23,28)/t17-/m1/s1. The smallest absolute Gasteiger partial charge is 0.319 e. The van der Waals surface area contributed by atoms with Crippen LogP contribution in [0.4, 0.5) is 4.79 Å². The van der Waals surface area contributed by atoms with E-state index in [0.717, 1.165) is 30.0 Å². The van der Waals surface area contributed by atoms with Gasteiger partial charge >= 0.3 is 6.03 Å². The van der Waals surface area contributed by atoms with Gasteiger partial charge < -0.3 is 20.5 Å². The van der Waals surface area contributed by atoms with Gasteiger partial charge in [-0.05, 0) is 40.2 Å². The summed E-state index contributed by atoms with van der Waals surface area (Å²) in [5.74, 6) is -0.134. The number of carbonyl (C=O) groups is 2. The number of rotatable bonds is 6. The van der Waals surface area contributed by atoms with Gasteiger partial charge in [0.15, 0.2) is 0 Å². The number of allylic oxidation sites excluding steroid dienone is 1. The van der Waals surface area contributed by atoms with Crippen molar-refractivity contribution in [2.75, 3.05) is 13.6 Å². The van der Waals surface area contributed by atoms with Crippen molar-refractivity contribution in [2.45, 2.75) is 46.7 Å². The van der Waals surface area contributed by atoms with E-state index in [-0.39, 0.29) is 11.9 Å². The monoisotopic (exact) mass is 385 g/mol. The number of imidazole rings is 1. The van der Waals surface area contributed by atoms with E-state index in [2.05, 4.69) is 25.7 Å². The van der Waals surface area contributed by atoms with E-state index in [0.29, 0.717) is 23.5 Å². The second kappa shape index (κ2) is 7.87. The number of urea groups is 1. The third-order valence-corrected chi connectivity index (χ3v) is 4.96. The summed E-state index contributed by atoms with van der Waals surface area (Å²) in [6.45, 7) is 8.92. The highest BCUT2D eigenvalue weighted by Crippen LogP contribution is 2.28. The molecule has 150 valence electrons. The lowest BCUT2D eigenvalue weighted by molar-refractivity contribution is -0.126. The van der Waals surface area contributed by atoms with Crippen LogP contribution in [0.2, 0.25) is 0 Å². The highest BCUT2D eigenvalue weighted by atomic mass is 16.2. The minimum absolute atomic E-state index is 0.134. The molecule has 9 nitrogen and oxygen atoms in total. The SMILES string of the molecule is CC1=C(C(=O)N(C)CCCn2nc(C)cc2C)[C@H](c2nc[nH]c2C)NC(=O)N1. The molecule has 0 unspecified atom stereocenters. The van der Waals surface area contributed by atoms with Gasteiger partial charge in [-0.25, -0.2) is 9.78 Å². The maximum atomic E-state index is 13.2. The molecular weight excluding hydrogens is 358 g/mol. The lowest BCUT2D eigenvalue weighted by Gasteiger charge is -2.30. The van der Waals surface area contributed by atoms with Crippen LogP contribution in [0.1, 0.15) is 42.2 Å². The Morgan fingerprint density at radius 3 is 2.64 bits per heavy atom. The van der Waals surface area contributed by atoms with Crippen molar-refractivity contribution in [3.05, 3.63) is 46.4 Å². The number of aromatic nitrogens is 4. The molecule has 3 amide bonds. The van der Waals surface area contributed by atoms with Gasteiger partial charge in [-0.3, -0.25) is 9.48 Å². The summed E-state index contributed by atoms with van der Waals surface area (Å²) in [6.07, 6.45) is 2.34. The Morgan fingerprint density at radius 2 is 2.04 bits per heavy atom. The molecule has 0 saturated heterocycles. The molecule has 1 atom stereocenters. The predicted molar refractivity (Wildman–Crippen MR) is 104 cm³/mol. The molecule has 3 heterocycles. The summed E-state index contributed by atoms with van der Waals surface area (Å²) in [5, 5.41) is 9.97. The Labute approximate surface area is 164 Å². The van der Waals surface area contributed by atoms with Crippen LogP contribution in [0.15, 0.2) is 23.7 Å². The molecule has 0 radical (unpaired) electrons. The molecule has 2 aromatic rings. The van der Waals surface area contributed by atoms with Gasteiger partial charge in [0.1, 0.15) is 6.04 Å². The zero-order chi connectivity index (χ0) is 20.4. The number of nitrogens with one attached hydrogen (secondary N) is 3. The summed E-state index contributed by atoms with van der Waals surface area (Å²) in [5.41, 5.74) is 4.61. The number of aryl methyl sites for hydroxylation is 4. The molecule has 0 aliphatic carbocycles. The Bertz CT molecular complexity index is 925. The van der Waals surface area contributed by atoms with Gasteiger partial charge in [0.05, 0.1) is 23.3 Å². The second-order valence-electron chi connectivity index (χ2n) is 7.21. The van der Waals surface area contributed by atoms with Crippen LogP contribution in [0.3, 0.4) is 0 Å². The van der Waals surface area contributed by atoms with Gasteiger partial charge in [-0.15, -0.1) is 0 Å². The summed E-state index contributed by atoms with van der Waals surface area (Å²) < 4.78 is 1.95. The van der Waals surface area contributed by atoms with Crippen LogP contribution >= 0.6 is 0 Å². The quantitative estimate of drug-likeness (QED) is 0.703. The molecule has 0 saturated carbocycles. The fourth-order valence-electron chi connectivity index (χ4n) is 3.51. The maximum Gasteiger partial charge on any atom is 0.319 e. The number of carbonyl (C=O) groups excluding carboxylic acids is 2. The van der Waals surface area contributed by atoms with Gasteiger partial charge in [0.2, 0.25) is 0 Å². The number of H-pyrrole nitrogens is 1. The molecule has 3 N–H and O–H groups in total. The zero-order valence-corrected chi connectivity index (χ0v) is 17.0. The number of hydrogen-bond acceptors (Lipinski definition) is 4. The number of likely N-dealkylation sites (N-methyl/N-ethyl adjacent to an activating group) is 1. The summed E-state index contributed by atoms with van der Waals surface area (Å²) >= 11 is 0. The minimum atomic E-state index is -0.578. The van der Waals surface area contributed by atoms with Crippen LogP contribution < -0.4 is 10.6 Å². The molecule has 1 aliphatic rings. The van der Waals surface area contributed by atoms with E-state index in [9.17, 15) is 9.59 Å². The minimum Gasteiger partial charge on any atom is -0.348 e. The molecule has 3 rings (SSSR count). The third-order valence-electron chi connectivity index (χ3n) is 4.96. The van der Waals surface area contributed by atoms with Gasteiger partial charge in [-0.1, -0.05) is 0 Å². The third kappa shape index (κ3) is 3.92. The normalized spacial score (nSPS) is 16.8. The van der Waals surface area contributed by atoms with Crippen molar-refractivity contribution >= 4 is 11.9 Å². The van der Waals surface area contributed by atoms with E-state index in [1.165, 1.54) is 0 Å². The van der Waals surface area contributed by atoms with Gasteiger partial charge in [0.25, 0.3) is 5.91 Å². The molecule has 0 bridgehead atoms. The van der Waals surface area contributed by atoms with Crippen molar-refractivity contribution in [3.63, 3.8) is 0 Å². The highest BCUT2D eigenvalue weighted by molar-refractivity contribution is 5.98. The average molecular weight is 385 g/mol. The van der Waals surface area contributed by atoms with Gasteiger partial charge in [0, 0.05) is 37.2 Å². The summed E-state index contributed by atoms with van der Waals surface area (Å²) in [7, 11) is 1.77. The van der Waals surface area contributed by atoms with Crippen LogP contribution in [0, 0.1) is 20.8 Å². The Morgan fingerprint density at radius 1 is 1.29 bits per heavy atom. The lowest BCUT2D eigenvalue weighted by Crippen LogP contribution is -2.47. The van der Waals surface area contributed by atoms with E-state index in [4.69, 9.17) is 0 Å². The molecule has 0 aromatic carbocycles. The Hall–Kier alpha value is -3.10. The predicted octanol–water partition coefficient (Wildman–Crippen LogP) is 1.71. The first-order chi connectivity index (χ1) is 13.3. The Kier molecular flexibility index (Phi) is 5.53. The molecule has 28 heavy (non-hydrogen) atoms. The zero-order valence-electron chi connectivity index (χ0n) is 17.0. The maximum absolute atomic E-state index is 13.2. The van der Waals surface area contributed by atoms with Crippen LogP contribution in [-0.4, -0.2) is 50.2 Å². The fourth-order valence-corrected chi connectivity index (χ4v) is 3.51. The van der Waals surface area contributed by atoms with Crippen LogP contribution in [0.5, 0.6) is 0 Å². The van der Waals surface area contributed by atoms with Crippen molar-refractivity contribution in [1.29, 1.82) is 0 Å². The Balaban J connectivity index is 1.72. The lowest BCUT2D eigenvalue weighted by atomic mass is 9.97. The molecule has 2 aromatic heterocycles. The summed E-state index contributed by atoms with van der Waals surface area (Å²) in [6, 6.07) is 1.12. The largest absolute Gasteiger partial charge is 0.348 e. The van der Waals surface area contributed by atoms with Crippen molar-refractivity contribution in [2.24, 2.45) is 0 Å². The van der Waals surface area contributed by atoms with Crippen molar-refractivity contribution in [3.8, 4) is 0 Å². The summed E-state index contributed by atoms with van der Waals surface area (Å²) in [4.78, 5) is 34.1. The fraction of sp³-hybridized carbons (Fsp3) is 0.474. The first kappa shape index (κ1) is 19.7. The second-order valence-corrected chi connectivity index (χ2v) is 7.21. The number of nitrogens with zero attached hydrogens (tertiary/aromatic N) is 4. The molecule has 9 heteroatoms. The van der Waals surface area contributed by atoms with Crippen molar-refractivity contribution in [1.82, 2.24) is 35.3 Å². The molecule has 0 fully saturated rings. The van der Waals surface area contributed by atoms with E-state index in [1.807, 2.05) is 31.5 Å². The van der Waals surface area contributed by atoms with E-state index in [1.54, 1.807) is 25.2 Å². The topological polar surface area (TPSA) is 108 Å². The first-order valence-electron chi connectivity index (χ1n) is 9.32. The van der Waals surface area contributed by atoms with E-state index >= 15 is 0 Å². The molecular formula is C19H27N7O2. The molecule has 0 spiro atoms. The average Bonchev–Trinajstić information content (AvgIpc) is 3.18. The molecule has 1 aliphatic heterocycles. The highest BCUT2D eigenvalue weighted by Gasteiger charge is 2.34. The van der Waals surface area contributed by atoms with E-state index < -0.39 is 6.04 Å². The first-order valence-corrected chi connectivity index (χ1v) is 9.32. The number of amides is 3. The number of hydrogen-bond donors (Lipinski definition) is 3. The van der Waals surface area contributed by atoms with Crippen LogP contribution in [0.25, 0.3) is 0 Å². The van der Waals surface area contributed by atoms with Gasteiger partial charge in [-0.2, -0.15) is 5.10 Å². The number of aromatic amines is 1.